The lowest BCUT2D eigenvalue weighted by molar-refractivity contribution is 0.192. The molecule has 0 radical (unpaired) electrons. The van der Waals surface area contributed by atoms with E-state index in [0.29, 0.717) is 12.0 Å². The van der Waals surface area contributed by atoms with Gasteiger partial charge >= 0.3 is 6.03 Å². The quantitative estimate of drug-likeness (QED) is 0.854. The summed E-state index contributed by atoms with van der Waals surface area (Å²) in [6.45, 7) is 5.27. The summed E-state index contributed by atoms with van der Waals surface area (Å²) < 4.78 is 0. The first-order valence-corrected chi connectivity index (χ1v) is 9.98. The van der Waals surface area contributed by atoms with Crippen LogP contribution in [0.5, 0.6) is 0 Å². The number of hydrogen-bond donors (Lipinski definition) is 1. The minimum absolute atomic E-state index is 0.125. The molecule has 1 unspecified atom stereocenters. The number of nitrogens with zero attached hydrogens (tertiary/aromatic N) is 1. The van der Waals surface area contributed by atoms with E-state index in [1.165, 1.54) is 30.4 Å². The first-order valence-electron chi connectivity index (χ1n) is 8.94. The second kappa shape index (κ2) is 7.61. The van der Waals surface area contributed by atoms with Crippen LogP contribution < -0.4 is 5.32 Å². The van der Waals surface area contributed by atoms with Gasteiger partial charge in [-0.05, 0) is 29.9 Å². The largest absolute Gasteiger partial charge is 0.335 e. The summed E-state index contributed by atoms with van der Waals surface area (Å²) in [6.07, 6.45) is 6.09. The Morgan fingerprint density at radius 2 is 1.87 bits per heavy atom. The van der Waals surface area contributed by atoms with Crippen molar-refractivity contribution in [2.45, 2.75) is 63.3 Å². The van der Waals surface area contributed by atoms with Crippen LogP contribution in [-0.4, -0.2) is 29.3 Å². The Bertz CT molecular complexity index is 523. The third-order valence-corrected chi connectivity index (χ3v) is 6.23. The predicted molar refractivity (Wildman–Crippen MR) is 97.8 cm³/mol. The Morgan fingerprint density at radius 3 is 2.52 bits per heavy atom. The Labute approximate surface area is 144 Å². The van der Waals surface area contributed by atoms with Crippen molar-refractivity contribution >= 4 is 17.8 Å². The molecule has 126 valence electrons. The molecule has 1 saturated carbocycles. The van der Waals surface area contributed by atoms with Crippen LogP contribution in [0.1, 0.15) is 68.4 Å². The Kier molecular flexibility index (Phi) is 5.52. The van der Waals surface area contributed by atoms with Crippen LogP contribution in [0, 0.1) is 0 Å². The molecule has 1 heterocycles. The third kappa shape index (κ3) is 4.03. The van der Waals surface area contributed by atoms with Gasteiger partial charge in [0, 0.05) is 18.3 Å². The van der Waals surface area contributed by atoms with Crippen molar-refractivity contribution in [3.63, 3.8) is 0 Å². The van der Waals surface area contributed by atoms with Crippen LogP contribution in [-0.2, 0) is 0 Å². The van der Waals surface area contributed by atoms with Crippen LogP contribution in [0.15, 0.2) is 24.3 Å². The van der Waals surface area contributed by atoms with Gasteiger partial charge in [0.05, 0.1) is 0 Å². The lowest BCUT2D eigenvalue weighted by Gasteiger charge is -2.29. The summed E-state index contributed by atoms with van der Waals surface area (Å²) >= 11 is 1.87. The second-order valence-corrected chi connectivity index (χ2v) is 8.21. The Hall–Kier alpha value is -1.16. The van der Waals surface area contributed by atoms with Crippen LogP contribution in [0.4, 0.5) is 4.79 Å². The number of rotatable bonds is 3. The molecule has 3 rings (SSSR count). The molecule has 3 nitrogen and oxygen atoms in total. The van der Waals surface area contributed by atoms with Crippen molar-refractivity contribution in [3.05, 3.63) is 35.4 Å². The summed E-state index contributed by atoms with van der Waals surface area (Å²) in [4.78, 5) is 14.7. The molecule has 4 heteroatoms. The molecule has 1 saturated heterocycles. The molecule has 23 heavy (non-hydrogen) atoms. The highest BCUT2D eigenvalue weighted by Gasteiger charge is 2.31. The molecule has 1 aromatic rings. The van der Waals surface area contributed by atoms with E-state index in [0.717, 1.165) is 25.1 Å². The van der Waals surface area contributed by atoms with Gasteiger partial charge in [-0.2, -0.15) is 0 Å². The number of nitrogens with one attached hydrogen (secondary N) is 1. The summed E-state index contributed by atoms with van der Waals surface area (Å²) in [5.74, 6) is 1.57. The van der Waals surface area contributed by atoms with Gasteiger partial charge in [0.25, 0.3) is 0 Å². The van der Waals surface area contributed by atoms with Crippen molar-refractivity contribution in [2.75, 3.05) is 12.3 Å². The SMILES string of the molecule is CC(C)c1ccc(C2SCCN2C(=O)NC2CCCCC2)cc1. The van der Waals surface area contributed by atoms with Gasteiger partial charge in [0.2, 0.25) is 0 Å². The first-order chi connectivity index (χ1) is 11.1. The average molecular weight is 333 g/mol. The highest BCUT2D eigenvalue weighted by molar-refractivity contribution is 7.99. The molecule has 2 aliphatic rings. The van der Waals surface area contributed by atoms with Crippen molar-refractivity contribution in [1.29, 1.82) is 0 Å². The monoisotopic (exact) mass is 332 g/mol. The summed E-state index contributed by atoms with van der Waals surface area (Å²) in [5, 5.41) is 3.43. The minimum Gasteiger partial charge on any atom is -0.335 e. The Morgan fingerprint density at radius 1 is 1.17 bits per heavy atom. The van der Waals surface area contributed by atoms with Gasteiger partial charge in [-0.25, -0.2) is 4.79 Å². The second-order valence-electron chi connectivity index (χ2n) is 7.02. The van der Waals surface area contributed by atoms with E-state index in [9.17, 15) is 4.79 Å². The zero-order chi connectivity index (χ0) is 16.2. The number of hydrogen-bond acceptors (Lipinski definition) is 2. The van der Waals surface area contributed by atoms with Crippen molar-refractivity contribution in [3.8, 4) is 0 Å². The topological polar surface area (TPSA) is 32.3 Å². The molecule has 1 N–H and O–H groups in total. The summed E-state index contributed by atoms with van der Waals surface area (Å²) in [6, 6.07) is 9.30. The van der Waals surface area contributed by atoms with E-state index >= 15 is 0 Å². The molecule has 1 atom stereocenters. The molecule has 1 aliphatic heterocycles. The molecule has 2 fully saturated rings. The van der Waals surface area contributed by atoms with Gasteiger partial charge in [0.15, 0.2) is 0 Å². The molecular formula is C19H28N2OS. The highest BCUT2D eigenvalue weighted by atomic mass is 32.2. The van der Waals surface area contributed by atoms with Crippen LogP contribution in [0.25, 0.3) is 0 Å². The molecule has 0 spiro atoms. The lowest BCUT2D eigenvalue weighted by atomic mass is 9.96. The highest BCUT2D eigenvalue weighted by Crippen LogP contribution is 2.38. The molecule has 1 aromatic carbocycles. The smallest absolute Gasteiger partial charge is 0.318 e. The number of benzene rings is 1. The van der Waals surface area contributed by atoms with Crippen LogP contribution in [0.2, 0.25) is 0 Å². The molecule has 0 aromatic heterocycles. The maximum absolute atomic E-state index is 12.7. The number of amides is 2. The molecule has 0 bridgehead atoms. The summed E-state index contributed by atoms with van der Waals surface area (Å²) in [5.41, 5.74) is 2.60. The van der Waals surface area contributed by atoms with Crippen molar-refractivity contribution < 1.29 is 4.79 Å². The maximum atomic E-state index is 12.7. The van der Waals surface area contributed by atoms with E-state index < -0.39 is 0 Å². The zero-order valence-corrected chi connectivity index (χ0v) is 15.1. The van der Waals surface area contributed by atoms with E-state index in [2.05, 4.69) is 43.4 Å². The van der Waals surface area contributed by atoms with E-state index in [1.54, 1.807) is 0 Å². The average Bonchev–Trinajstić information content (AvgIpc) is 3.05. The fourth-order valence-electron chi connectivity index (χ4n) is 3.50. The van der Waals surface area contributed by atoms with Gasteiger partial charge < -0.3 is 10.2 Å². The van der Waals surface area contributed by atoms with Crippen molar-refractivity contribution in [1.82, 2.24) is 10.2 Å². The van der Waals surface area contributed by atoms with E-state index in [1.807, 2.05) is 16.7 Å². The third-order valence-electron chi connectivity index (χ3n) is 4.97. The lowest BCUT2D eigenvalue weighted by Crippen LogP contribution is -2.45. The normalized spacial score (nSPS) is 22.6. The fourth-order valence-corrected chi connectivity index (χ4v) is 4.76. The number of carbonyl (C=O) groups excluding carboxylic acids is 1. The standard InChI is InChI=1S/C19H28N2OS/c1-14(2)15-8-10-16(11-9-15)18-21(12-13-23-18)19(22)20-17-6-4-3-5-7-17/h8-11,14,17-18H,3-7,12-13H2,1-2H3,(H,20,22). The van der Waals surface area contributed by atoms with Gasteiger partial charge in [-0.3, -0.25) is 0 Å². The number of urea groups is 1. The Balaban J connectivity index is 1.65. The molecule has 1 aliphatic carbocycles. The number of thioether (sulfide) groups is 1. The maximum Gasteiger partial charge on any atom is 0.318 e. The number of carbonyl (C=O) groups is 1. The van der Waals surface area contributed by atoms with Crippen LogP contribution >= 0.6 is 11.8 Å². The summed E-state index contributed by atoms with van der Waals surface area (Å²) in [7, 11) is 0. The van der Waals surface area contributed by atoms with Crippen LogP contribution in [0.3, 0.4) is 0 Å². The fraction of sp³-hybridized carbons (Fsp3) is 0.632. The van der Waals surface area contributed by atoms with Gasteiger partial charge in [0.1, 0.15) is 5.37 Å². The van der Waals surface area contributed by atoms with E-state index in [4.69, 9.17) is 0 Å². The zero-order valence-electron chi connectivity index (χ0n) is 14.3. The van der Waals surface area contributed by atoms with Crippen molar-refractivity contribution in [2.24, 2.45) is 0 Å². The molecule has 2 amide bonds. The minimum atomic E-state index is 0.125. The first kappa shape index (κ1) is 16.7. The van der Waals surface area contributed by atoms with E-state index in [-0.39, 0.29) is 11.4 Å². The predicted octanol–water partition coefficient (Wildman–Crippen LogP) is 4.90. The van der Waals surface area contributed by atoms with Gasteiger partial charge in [-0.15, -0.1) is 11.8 Å². The molecular weight excluding hydrogens is 304 g/mol. The van der Waals surface area contributed by atoms with Gasteiger partial charge in [-0.1, -0.05) is 57.4 Å².